The molecular weight excluding hydrogens is 242 g/mol. The second-order valence-electron chi connectivity index (χ2n) is 3.68. The van der Waals surface area contributed by atoms with Crippen LogP contribution in [0, 0.1) is 11.3 Å². The van der Waals surface area contributed by atoms with E-state index in [1.807, 2.05) is 12.1 Å². The van der Waals surface area contributed by atoms with Crippen molar-refractivity contribution >= 4 is 15.9 Å². The van der Waals surface area contributed by atoms with Crippen LogP contribution in [-0.2, 0) is 5.41 Å². The van der Waals surface area contributed by atoms with Crippen LogP contribution in [-0.4, -0.2) is 5.11 Å². The van der Waals surface area contributed by atoms with Gasteiger partial charge < -0.3 is 5.11 Å². The highest BCUT2D eigenvalue weighted by atomic mass is 79.9. The van der Waals surface area contributed by atoms with Gasteiger partial charge in [-0.3, -0.25) is 0 Å². The van der Waals surface area contributed by atoms with Gasteiger partial charge in [-0.05, 0) is 41.3 Å². The molecule has 0 atom stereocenters. The number of hydrogen-bond acceptors (Lipinski definition) is 2. The van der Waals surface area contributed by atoms with E-state index in [4.69, 9.17) is 5.26 Å². The number of hydrogen-bond donors (Lipinski definition) is 1. The highest BCUT2D eigenvalue weighted by molar-refractivity contribution is 9.10. The smallest absolute Gasteiger partial charge is 0.134 e. The largest absolute Gasteiger partial charge is 0.506 e. The van der Waals surface area contributed by atoms with Gasteiger partial charge in [0.15, 0.2) is 0 Å². The Morgan fingerprint density at radius 1 is 1.43 bits per heavy atom. The van der Waals surface area contributed by atoms with Gasteiger partial charge in [0.05, 0.1) is 16.0 Å². The molecule has 0 radical (unpaired) electrons. The summed E-state index contributed by atoms with van der Waals surface area (Å²) in [6.45, 7) is 0. The first-order valence-corrected chi connectivity index (χ1v) is 5.38. The zero-order valence-corrected chi connectivity index (χ0v) is 9.21. The van der Waals surface area contributed by atoms with Gasteiger partial charge in [-0.15, -0.1) is 0 Å². The molecule has 1 N–H and O–H groups in total. The van der Waals surface area contributed by atoms with Crippen LogP contribution in [0.25, 0.3) is 0 Å². The van der Waals surface area contributed by atoms with E-state index in [0.717, 1.165) is 24.8 Å². The van der Waals surface area contributed by atoms with E-state index < -0.39 is 5.41 Å². The number of phenolic OH excluding ortho intramolecular Hbond substituents is 1. The van der Waals surface area contributed by atoms with Crippen LogP contribution >= 0.6 is 15.9 Å². The molecule has 72 valence electrons. The Morgan fingerprint density at radius 2 is 2.14 bits per heavy atom. The van der Waals surface area contributed by atoms with Crippen molar-refractivity contribution in [1.82, 2.24) is 0 Å². The van der Waals surface area contributed by atoms with Gasteiger partial charge in [-0.25, -0.2) is 0 Å². The molecule has 2 rings (SSSR count). The topological polar surface area (TPSA) is 44.0 Å². The maximum absolute atomic E-state index is 9.83. The van der Waals surface area contributed by atoms with Crippen LogP contribution in [0.5, 0.6) is 5.75 Å². The molecule has 1 aromatic carbocycles. The van der Waals surface area contributed by atoms with E-state index in [1.54, 1.807) is 6.07 Å². The number of para-hydroxylation sites is 1. The average Bonchev–Trinajstić information content (AvgIpc) is 2.11. The molecule has 0 heterocycles. The summed E-state index contributed by atoms with van der Waals surface area (Å²) in [6, 6.07) is 7.79. The van der Waals surface area contributed by atoms with Crippen molar-refractivity contribution in [3.05, 3.63) is 28.2 Å². The molecule has 2 nitrogen and oxygen atoms in total. The molecule has 0 aliphatic heterocycles. The first-order valence-electron chi connectivity index (χ1n) is 4.59. The molecule has 0 bridgehead atoms. The van der Waals surface area contributed by atoms with Crippen LogP contribution in [0.4, 0.5) is 0 Å². The molecule has 3 heteroatoms. The molecule has 1 aliphatic rings. The number of halogens is 1. The first-order chi connectivity index (χ1) is 6.69. The maximum Gasteiger partial charge on any atom is 0.134 e. The minimum atomic E-state index is -0.437. The Labute approximate surface area is 91.3 Å². The average molecular weight is 252 g/mol. The van der Waals surface area contributed by atoms with Crippen LogP contribution < -0.4 is 0 Å². The molecule has 1 aliphatic carbocycles. The van der Waals surface area contributed by atoms with Gasteiger partial charge >= 0.3 is 0 Å². The second kappa shape index (κ2) is 3.29. The molecule has 0 saturated heterocycles. The van der Waals surface area contributed by atoms with Gasteiger partial charge in [-0.1, -0.05) is 12.1 Å². The monoisotopic (exact) mass is 251 g/mol. The number of nitriles is 1. The van der Waals surface area contributed by atoms with Crippen LogP contribution in [0.1, 0.15) is 24.8 Å². The Bertz CT molecular complexity index is 404. The number of rotatable bonds is 1. The molecule has 14 heavy (non-hydrogen) atoms. The van der Waals surface area contributed by atoms with Crippen molar-refractivity contribution in [2.75, 3.05) is 0 Å². The van der Waals surface area contributed by atoms with E-state index in [1.165, 1.54) is 0 Å². The quantitative estimate of drug-likeness (QED) is 0.834. The summed E-state index contributed by atoms with van der Waals surface area (Å²) < 4.78 is 0.663. The second-order valence-corrected chi connectivity index (χ2v) is 4.54. The lowest BCUT2D eigenvalue weighted by Gasteiger charge is -2.36. The van der Waals surface area contributed by atoms with Gasteiger partial charge in [0.2, 0.25) is 0 Å². The summed E-state index contributed by atoms with van der Waals surface area (Å²) in [6.07, 6.45) is 2.78. The Hall–Kier alpha value is -1.01. The predicted octanol–water partition coefficient (Wildman–Crippen LogP) is 3.10. The molecule has 0 unspecified atom stereocenters. The Kier molecular flexibility index (Phi) is 2.24. The summed E-state index contributed by atoms with van der Waals surface area (Å²) in [4.78, 5) is 0. The summed E-state index contributed by atoms with van der Waals surface area (Å²) in [5.41, 5.74) is 0.328. The van der Waals surface area contributed by atoms with E-state index >= 15 is 0 Å². The lowest BCUT2D eigenvalue weighted by Crippen LogP contribution is -2.32. The minimum absolute atomic E-state index is 0.216. The summed E-state index contributed by atoms with van der Waals surface area (Å²) in [5, 5.41) is 19.0. The standard InChI is InChI=1S/C11H10BrNO/c12-9-4-1-3-8(10(9)14)11(7-13)5-2-6-11/h1,3-4,14H,2,5-6H2. The van der Waals surface area contributed by atoms with Gasteiger partial charge in [-0.2, -0.15) is 5.26 Å². The molecule has 1 fully saturated rings. The van der Waals surface area contributed by atoms with Crippen LogP contribution in [0.2, 0.25) is 0 Å². The molecule has 1 aromatic rings. The highest BCUT2D eigenvalue weighted by Gasteiger charge is 2.41. The maximum atomic E-state index is 9.83. The van der Waals surface area contributed by atoms with Crippen LogP contribution in [0.15, 0.2) is 22.7 Å². The van der Waals surface area contributed by atoms with E-state index in [0.29, 0.717) is 4.47 Å². The molecule has 0 amide bonds. The third kappa shape index (κ3) is 1.22. The van der Waals surface area contributed by atoms with Crippen LogP contribution in [0.3, 0.4) is 0 Å². The predicted molar refractivity (Wildman–Crippen MR) is 56.9 cm³/mol. The SMILES string of the molecule is N#CC1(c2cccc(Br)c2O)CCC1. The Balaban J connectivity index is 2.51. The van der Waals surface area contributed by atoms with Crippen molar-refractivity contribution in [3.63, 3.8) is 0 Å². The van der Waals surface area contributed by atoms with Crippen molar-refractivity contribution in [2.24, 2.45) is 0 Å². The zero-order valence-electron chi connectivity index (χ0n) is 7.63. The summed E-state index contributed by atoms with van der Waals surface area (Å²) >= 11 is 3.26. The molecule has 0 spiro atoms. The number of phenols is 1. The molecule has 1 saturated carbocycles. The number of benzene rings is 1. The van der Waals surface area contributed by atoms with Gasteiger partial charge in [0.25, 0.3) is 0 Å². The summed E-state index contributed by atoms with van der Waals surface area (Å²) in [5.74, 6) is 0.216. The fourth-order valence-electron chi connectivity index (χ4n) is 1.87. The fourth-order valence-corrected chi connectivity index (χ4v) is 2.24. The zero-order chi connectivity index (χ0) is 10.2. The van der Waals surface area contributed by atoms with E-state index in [2.05, 4.69) is 22.0 Å². The van der Waals surface area contributed by atoms with Crippen molar-refractivity contribution < 1.29 is 5.11 Å². The van der Waals surface area contributed by atoms with E-state index in [9.17, 15) is 5.11 Å². The van der Waals surface area contributed by atoms with Crippen molar-refractivity contribution in [1.29, 1.82) is 5.26 Å². The normalized spacial score (nSPS) is 18.3. The Morgan fingerprint density at radius 3 is 2.64 bits per heavy atom. The third-order valence-corrected chi connectivity index (χ3v) is 3.56. The number of nitrogens with zero attached hydrogens (tertiary/aromatic N) is 1. The highest BCUT2D eigenvalue weighted by Crippen LogP contribution is 2.47. The molecule has 0 aromatic heterocycles. The lowest BCUT2D eigenvalue weighted by molar-refractivity contribution is 0.311. The third-order valence-electron chi connectivity index (χ3n) is 2.92. The fraction of sp³-hybridized carbons (Fsp3) is 0.364. The summed E-state index contributed by atoms with van der Waals surface area (Å²) in [7, 11) is 0. The lowest BCUT2D eigenvalue weighted by atomic mass is 9.65. The minimum Gasteiger partial charge on any atom is -0.506 e. The first kappa shape index (κ1) is 9.54. The van der Waals surface area contributed by atoms with Crippen molar-refractivity contribution in [2.45, 2.75) is 24.7 Å². The van der Waals surface area contributed by atoms with Gasteiger partial charge in [0, 0.05) is 5.56 Å². The van der Waals surface area contributed by atoms with Gasteiger partial charge in [0.1, 0.15) is 5.75 Å². The van der Waals surface area contributed by atoms with E-state index in [-0.39, 0.29) is 5.75 Å². The number of aromatic hydroxyl groups is 1. The van der Waals surface area contributed by atoms with Crippen molar-refractivity contribution in [3.8, 4) is 11.8 Å². The molecular formula is C11H10BrNO.